The van der Waals surface area contributed by atoms with Gasteiger partial charge in [0.2, 0.25) is 10.0 Å². The van der Waals surface area contributed by atoms with Gasteiger partial charge in [0, 0.05) is 43.1 Å². The first-order chi connectivity index (χ1) is 9.30. The highest BCUT2D eigenvalue weighted by molar-refractivity contribution is 9.10. The van der Waals surface area contributed by atoms with E-state index in [1.807, 2.05) is 0 Å². The molecule has 0 saturated heterocycles. The third kappa shape index (κ3) is 3.00. The fraction of sp³-hybridized carbons (Fsp3) is 0.273. The van der Waals surface area contributed by atoms with Crippen LogP contribution in [-0.4, -0.2) is 34.5 Å². The molecule has 0 spiro atoms. The van der Waals surface area contributed by atoms with E-state index < -0.39 is 10.0 Å². The first-order valence-corrected chi connectivity index (χ1v) is 7.89. The number of nitrogen functional groups attached to an aromatic ring is 1. The van der Waals surface area contributed by atoms with Gasteiger partial charge in [0.15, 0.2) is 0 Å². The van der Waals surface area contributed by atoms with E-state index in [9.17, 15) is 8.42 Å². The standard InChI is InChI=1S/C11H14BrN5O2S/c1-16-6-8(4-15-16)7-17(2)20(18,19)10-3-9(12)5-14-11(10)13/h3-6H,7H2,1-2H3,(H2,13,14). The largest absolute Gasteiger partial charge is 0.383 e. The lowest BCUT2D eigenvalue weighted by molar-refractivity contribution is 0.466. The Labute approximate surface area is 125 Å². The maximum Gasteiger partial charge on any atom is 0.246 e. The Balaban J connectivity index is 2.32. The highest BCUT2D eigenvalue weighted by atomic mass is 79.9. The summed E-state index contributed by atoms with van der Waals surface area (Å²) < 4.78 is 28.3. The summed E-state index contributed by atoms with van der Waals surface area (Å²) in [5, 5.41) is 4.01. The molecule has 9 heteroatoms. The molecule has 2 N–H and O–H groups in total. The van der Waals surface area contributed by atoms with Gasteiger partial charge in [0.25, 0.3) is 0 Å². The molecule has 2 aromatic rings. The van der Waals surface area contributed by atoms with E-state index in [-0.39, 0.29) is 17.3 Å². The minimum absolute atomic E-state index is 0.0155. The quantitative estimate of drug-likeness (QED) is 0.877. The number of hydrogen-bond donors (Lipinski definition) is 1. The number of sulfonamides is 1. The fourth-order valence-corrected chi connectivity index (χ4v) is 3.43. The molecule has 0 radical (unpaired) electrons. The average Bonchev–Trinajstić information content (AvgIpc) is 2.77. The zero-order chi connectivity index (χ0) is 14.9. The van der Waals surface area contributed by atoms with Crippen LogP contribution in [0.3, 0.4) is 0 Å². The van der Waals surface area contributed by atoms with Crippen molar-refractivity contribution in [2.24, 2.45) is 7.05 Å². The average molecular weight is 360 g/mol. The van der Waals surface area contributed by atoms with Crippen molar-refractivity contribution < 1.29 is 8.42 Å². The molecule has 0 aliphatic rings. The highest BCUT2D eigenvalue weighted by Gasteiger charge is 2.24. The van der Waals surface area contributed by atoms with E-state index in [0.717, 1.165) is 5.56 Å². The Bertz CT molecular complexity index is 728. The van der Waals surface area contributed by atoms with Crippen molar-refractivity contribution >= 4 is 31.8 Å². The Morgan fingerprint density at radius 3 is 2.75 bits per heavy atom. The number of rotatable bonds is 4. The van der Waals surface area contributed by atoms with Crippen LogP contribution in [0.5, 0.6) is 0 Å². The number of aryl methyl sites for hydroxylation is 1. The monoisotopic (exact) mass is 359 g/mol. The van der Waals surface area contributed by atoms with Gasteiger partial charge in [0.1, 0.15) is 10.7 Å². The van der Waals surface area contributed by atoms with Crippen LogP contribution in [0.2, 0.25) is 0 Å². The van der Waals surface area contributed by atoms with Crippen LogP contribution >= 0.6 is 15.9 Å². The number of hydrogen-bond acceptors (Lipinski definition) is 5. The van der Waals surface area contributed by atoms with Crippen molar-refractivity contribution in [3.63, 3.8) is 0 Å². The summed E-state index contributed by atoms with van der Waals surface area (Å²) in [5.41, 5.74) is 6.45. The summed E-state index contributed by atoms with van der Waals surface area (Å²) in [6, 6.07) is 1.44. The third-order valence-electron chi connectivity index (χ3n) is 2.70. The highest BCUT2D eigenvalue weighted by Crippen LogP contribution is 2.24. The molecule has 20 heavy (non-hydrogen) atoms. The van der Waals surface area contributed by atoms with Gasteiger partial charge in [-0.15, -0.1) is 0 Å². The molecule has 0 aliphatic heterocycles. The molecule has 7 nitrogen and oxygen atoms in total. The van der Waals surface area contributed by atoms with Crippen molar-refractivity contribution in [1.82, 2.24) is 19.1 Å². The molecule has 0 saturated carbocycles. The van der Waals surface area contributed by atoms with E-state index in [2.05, 4.69) is 26.0 Å². The van der Waals surface area contributed by atoms with E-state index in [1.165, 1.54) is 23.6 Å². The second-order valence-electron chi connectivity index (χ2n) is 4.32. The first-order valence-electron chi connectivity index (χ1n) is 5.65. The zero-order valence-electron chi connectivity index (χ0n) is 11.0. The van der Waals surface area contributed by atoms with Gasteiger partial charge in [-0.2, -0.15) is 9.40 Å². The number of anilines is 1. The van der Waals surface area contributed by atoms with Crippen LogP contribution < -0.4 is 5.73 Å². The lowest BCUT2D eigenvalue weighted by Crippen LogP contribution is -2.27. The van der Waals surface area contributed by atoms with E-state index >= 15 is 0 Å². The summed E-state index contributed by atoms with van der Waals surface area (Å²) >= 11 is 3.19. The van der Waals surface area contributed by atoms with Crippen molar-refractivity contribution in [2.45, 2.75) is 11.4 Å². The third-order valence-corrected chi connectivity index (χ3v) is 4.97. The van der Waals surface area contributed by atoms with Gasteiger partial charge in [0.05, 0.1) is 6.20 Å². The second-order valence-corrected chi connectivity index (χ2v) is 7.25. The van der Waals surface area contributed by atoms with Crippen LogP contribution in [-0.2, 0) is 23.6 Å². The predicted octanol–water partition coefficient (Wildman–Crippen LogP) is 0.980. The molecule has 108 valence electrons. The Kier molecular flexibility index (Phi) is 4.11. The molecule has 2 heterocycles. The summed E-state index contributed by atoms with van der Waals surface area (Å²) in [7, 11) is -0.441. The van der Waals surface area contributed by atoms with E-state index in [0.29, 0.717) is 4.47 Å². The van der Waals surface area contributed by atoms with Crippen molar-refractivity contribution in [2.75, 3.05) is 12.8 Å². The number of nitrogens with two attached hydrogens (primary N) is 1. The van der Waals surface area contributed by atoms with Crippen molar-refractivity contribution in [3.8, 4) is 0 Å². The zero-order valence-corrected chi connectivity index (χ0v) is 13.4. The molecule has 0 unspecified atom stereocenters. The summed E-state index contributed by atoms with van der Waals surface area (Å²) in [4.78, 5) is 3.83. The van der Waals surface area contributed by atoms with Gasteiger partial charge in [-0.05, 0) is 22.0 Å². The minimum atomic E-state index is -3.70. The van der Waals surface area contributed by atoms with Gasteiger partial charge in [-0.25, -0.2) is 13.4 Å². The van der Waals surface area contributed by atoms with Crippen LogP contribution in [0, 0.1) is 0 Å². The SMILES string of the molecule is CN(Cc1cnn(C)c1)S(=O)(=O)c1cc(Br)cnc1N. The Hall–Kier alpha value is -1.45. The molecule has 0 bridgehead atoms. The molecule has 0 aromatic carbocycles. The number of pyridine rings is 1. The van der Waals surface area contributed by atoms with Gasteiger partial charge in [-0.3, -0.25) is 4.68 Å². The van der Waals surface area contributed by atoms with Crippen LogP contribution in [0.25, 0.3) is 0 Å². The normalized spacial score (nSPS) is 12.0. The molecule has 0 fully saturated rings. The predicted molar refractivity (Wildman–Crippen MR) is 78.2 cm³/mol. The van der Waals surface area contributed by atoms with Crippen molar-refractivity contribution in [3.05, 3.63) is 34.7 Å². The van der Waals surface area contributed by atoms with Gasteiger partial charge >= 0.3 is 0 Å². The van der Waals surface area contributed by atoms with Gasteiger partial charge in [-0.1, -0.05) is 0 Å². The maximum absolute atomic E-state index is 12.5. The maximum atomic E-state index is 12.5. The number of halogens is 1. The molecule has 0 aliphatic carbocycles. The van der Waals surface area contributed by atoms with E-state index in [4.69, 9.17) is 5.73 Å². The molecule has 0 amide bonds. The molecule has 2 aromatic heterocycles. The van der Waals surface area contributed by atoms with Crippen molar-refractivity contribution in [1.29, 1.82) is 0 Å². The molecular weight excluding hydrogens is 346 g/mol. The van der Waals surface area contributed by atoms with Gasteiger partial charge < -0.3 is 5.73 Å². The lowest BCUT2D eigenvalue weighted by atomic mass is 10.4. The molecule has 0 atom stereocenters. The van der Waals surface area contributed by atoms with E-state index in [1.54, 1.807) is 24.1 Å². The first kappa shape index (κ1) is 14.9. The summed E-state index contributed by atoms with van der Waals surface area (Å²) in [6.45, 7) is 0.210. The van der Waals surface area contributed by atoms with Crippen LogP contribution in [0.4, 0.5) is 5.82 Å². The smallest absolute Gasteiger partial charge is 0.246 e. The Morgan fingerprint density at radius 2 is 2.15 bits per heavy atom. The van der Waals surface area contributed by atoms with Crippen LogP contribution in [0.1, 0.15) is 5.56 Å². The number of aromatic nitrogens is 3. The molecule has 2 rings (SSSR count). The van der Waals surface area contributed by atoms with Crippen LogP contribution in [0.15, 0.2) is 34.0 Å². The second kappa shape index (κ2) is 5.51. The minimum Gasteiger partial charge on any atom is -0.383 e. The summed E-state index contributed by atoms with van der Waals surface area (Å²) in [6.07, 6.45) is 4.83. The number of nitrogens with zero attached hydrogens (tertiary/aromatic N) is 4. The summed E-state index contributed by atoms with van der Waals surface area (Å²) in [5.74, 6) is -0.0220. The fourth-order valence-electron chi connectivity index (χ4n) is 1.70. The topological polar surface area (TPSA) is 94.1 Å². The molecular formula is C11H14BrN5O2S. The lowest BCUT2D eigenvalue weighted by Gasteiger charge is -2.17. The Morgan fingerprint density at radius 1 is 1.45 bits per heavy atom.